The molecule has 1 aromatic rings. The van der Waals surface area contributed by atoms with E-state index in [1.54, 1.807) is 0 Å². The van der Waals surface area contributed by atoms with Gasteiger partial charge in [0.25, 0.3) is 0 Å². The van der Waals surface area contributed by atoms with Crippen molar-refractivity contribution in [1.82, 2.24) is 15.1 Å². The Morgan fingerprint density at radius 2 is 2.21 bits per heavy atom. The van der Waals surface area contributed by atoms with Crippen molar-refractivity contribution in [2.45, 2.75) is 63.6 Å². The number of carbonyl (C=O) groups excluding carboxylic acids is 1. The second-order valence-electron chi connectivity index (χ2n) is 8.36. The van der Waals surface area contributed by atoms with Crippen molar-refractivity contribution in [1.29, 1.82) is 0 Å². The summed E-state index contributed by atoms with van der Waals surface area (Å²) >= 11 is 0. The highest BCUT2D eigenvalue weighted by atomic mass is 16.1. The van der Waals surface area contributed by atoms with Crippen LogP contribution in [0.15, 0.2) is 37.1 Å². The smallest absolute Gasteiger partial charge is 0.120 e. The van der Waals surface area contributed by atoms with Gasteiger partial charge in [0.2, 0.25) is 0 Å². The van der Waals surface area contributed by atoms with E-state index in [9.17, 15) is 4.79 Å². The number of likely N-dealkylation sites (tertiary alicyclic amines) is 1. The lowest BCUT2D eigenvalue weighted by Gasteiger charge is -2.32. The van der Waals surface area contributed by atoms with Crippen LogP contribution in [0.3, 0.4) is 0 Å². The minimum absolute atomic E-state index is 0.127. The number of piperidine rings is 1. The average molecular weight is 398 g/mol. The first-order chi connectivity index (χ1) is 14.0. The van der Waals surface area contributed by atoms with Gasteiger partial charge in [0.15, 0.2) is 0 Å². The molecule has 1 aliphatic heterocycles. The second kappa shape index (κ2) is 11.9. The van der Waals surface area contributed by atoms with E-state index in [2.05, 4.69) is 60.6 Å². The van der Waals surface area contributed by atoms with E-state index in [-0.39, 0.29) is 6.04 Å². The van der Waals surface area contributed by atoms with E-state index in [4.69, 9.17) is 0 Å². The van der Waals surface area contributed by atoms with Crippen molar-refractivity contribution in [2.75, 3.05) is 27.7 Å². The zero-order valence-corrected chi connectivity index (χ0v) is 18.6. The molecule has 2 rings (SSSR count). The van der Waals surface area contributed by atoms with Crippen molar-refractivity contribution in [2.24, 2.45) is 0 Å². The summed E-state index contributed by atoms with van der Waals surface area (Å²) < 4.78 is 0. The van der Waals surface area contributed by atoms with Crippen LogP contribution in [0.4, 0.5) is 0 Å². The fourth-order valence-corrected chi connectivity index (χ4v) is 4.42. The van der Waals surface area contributed by atoms with Crippen molar-refractivity contribution in [3.05, 3.63) is 53.7 Å². The average Bonchev–Trinajstić information content (AvgIpc) is 2.73. The number of nitrogens with zero attached hydrogens (tertiary/aromatic N) is 2. The second-order valence-corrected chi connectivity index (χ2v) is 8.36. The third-order valence-electron chi connectivity index (χ3n) is 6.35. The Morgan fingerprint density at radius 3 is 2.86 bits per heavy atom. The third-order valence-corrected chi connectivity index (χ3v) is 6.35. The maximum atomic E-state index is 10.9. The Hall–Kier alpha value is -1.91. The van der Waals surface area contributed by atoms with Crippen molar-refractivity contribution in [3.8, 4) is 0 Å². The van der Waals surface area contributed by atoms with Gasteiger partial charge in [0.05, 0.1) is 0 Å². The number of likely N-dealkylation sites (N-methyl/N-ethyl adjacent to an activating group) is 2. The van der Waals surface area contributed by atoms with Crippen LogP contribution in [0.2, 0.25) is 0 Å². The number of carbonyl (C=O) groups is 1. The Labute approximate surface area is 177 Å². The van der Waals surface area contributed by atoms with E-state index in [0.717, 1.165) is 31.4 Å². The van der Waals surface area contributed by atoms with Gasteiger partial charge in [-0.05, 0) is 69.4 Å². The molecular weight excluding hydrogens is 358 g/mol. The predicted octanol–water partition coefficient (Wildman–Crippen LogP) is 4.26. The molecule has 1 fully saturated rings. The van der Waals surface area contributed by atoms with E-state index in [1.165, 1.54) is 48.9 Å². The van der Waals surface area contributed by atoms with Gasteiger partial charge in [-0.15, -0.1) is 0 Å². The van der Waals surface area contributed by atoms with Crippen molar-refractivity contribution in [3.63, 3.8) is 0 Å². The highest BCUT2D eigenvalue weighted by molar-refractivity contribution is 5.53. The van der Waals surface area contributed by atoms with Gasteiger partial charge in [-0.2, -0.15) is 0 Å². The Balaban J connectivity index is 2.09. The molecule has 4 nitrogen and oxygen atoms in total. The number of rotatable bonds is 12. The lowest BCUT2D eigenvalue weighted by Crippen LogP contribution is -2.37. The Kier molecular flexibility index (Phi) is 9.62. The van der Waals surface area contributed by atoms with Crippen molar-refractivity contribution < 1.29 is 4.79 Å². The molecule has 0 saturated carbocycles. The van der Waals surface area contributed by atoms with Crippen molar-refractivity contribution >= 4 is 12.4 Å². The summed E-state index contributed by atoms with van der Waals surface area (Å²) in [5.41, 5.74) is 4.82. The van der Waals surface area contributed by atoms with Crippen LogP contribution in [-0.2, 0) is 17.8 Å². The van der Waals surface area contributed by atoms with E-state index < -0.39 is 0 Å². The quantitative estimate of drug-likeness (QED) is 0.535. The Bertz CT molecular complexity index is 685. The summed E-state index contributed by atoms with van der Waals surface area (Å²) in [5.74, 6) is 0. The SMILES string of the molecule is C=Cc1ccc(CCC2CCCCN2C)cc1CN(C)C(CCC=O)C(=C)NC. The number of aryl methyl sites for hydroxylation is 1. The molecule has 29 heavy (non-hydrogen) atoms. The Morgan fingerprint density at radius 1 is 1.41 bits per heavy atom. The highest BCUT2D eigenvalue weighted by Gasteiger charge is 2.20. The molecule has 4 heteroatoms. The first kappa shape index (κ1) is 23.4. The summed E-state index contributed by atoms with van der Waals surface area (Å²) in [6, 6.07) is 7.63. The van der Waals surface area contributed by atoms with E-state index in [0.29, 0.717) is 12.5 Å². The molecule has 1 aromatic carbocycles. The van der Waals surface area contributed by atoms with Gasteiger partial charge in [-0.25, -0.2) is 0 Å². The standard InChI is InChI=1S/C25H39N3O/c1-6-22-14-12-21(13-15-24-10-7-8-16-27(24)4)18-23(22)19-28(5)25(11-9-17-29)20(2)26-3/h6,12,14,17-18,24-26H,1-2,7-11,13,15-16,19H2,3-5H3. The molecule has 1 aliphatic rings. The summed E-state index contributed by atoms with van der Waals surface area (Å²) in [6.45, 7) is 10.2. The van der Waals surface area contributed by atoms with Crippen LogP contribution >= 0.6 is 0 Å². The molecule has 0 radical (unpaired) electrons. The number of hydrogen-bond acceptors (Lipinski definition) is 4. The van der Waals surface area contributed by atoms with E-state index >= 15 is 0 Å². The number of nitrogens with one attached hydrogen (secondary N) is 1. The lowest BCUT2D eigenvalue weighted by molar-refractivity contribution is -0.108. The maximum Gasteiger partial charge on any atom is 0.120 e. The zero-order chi connectivity index (χ0) is 21.2. The van der Waals surface area contributed by atoms with Crippen LogP contribution < -0.4 is 5.32 Å². The van der Waals surface area contributed by atoms with Crippen LogP contribution in [0.1, 0.15) is 55.2 Å². The van der Waals surface area contributed by atoms with Crippen LogP contribution in [0.5, 0.6) is 0 Å². The topological polar surface area (TPSA) is 35.6 Å². The van der Waals surface area contributed by atoms with E-state index in [1.807, 2.05) is 13.1 Å². The maximum absolute atomic E-state index is 10.9. The molecule has 160 valence electrons. The van der Waals surface area contributed by atoms with Crippen LogP contribution in [0.25, 0.3) is 6.08 Å². The first-order valence-corrected chi connectivity index (χ1v) is 10.9. The molecule has 1 saturated heterocycles. The third kappa shape index (κ3) is 6.83. The molecule has 0 aromatic heterocycles. The highest BCUT2D eigenvalue weighted by Crippen LogP contribution is 2.23. The van der Waals surface area contributed by atoms with Gasteiger partial charge in [-0.3, -0.25) is 4.90 Å². The lowest BCUT2D eigenvalue weighted by atomic mass is 9.94. The molecule has 0 amide bonds. The predicted molar refractivity (Wildman–Crippen MR) is 124 cm³/mol. The summed E-state index contributed by atoms with van der Waals surface area (Å²) in [6.07, 6.45) is 10.6. The van der Waals surface area contributed by atoms with Gasteiger partial charge >= 0.3 is 0 Å². The zero-order valence-electron chi connectivity index (χ0n) is 18.6. The van der Waals surface area contributed by atoms with Gasteiger partial charge in [0.1, 0.15) is 6.29 Å². The molecule has 2 atom stereocenters. The number of benzene rings is 1. The molecule has 1 N–H and O–H groups in total. The molecule has 0 spiro atoms. The van der Waals surface area contributed by atoms with Crippen LogP contribution in [-0.4, -0.2) is 55.9 Å². The number of aldehydes is 1. The molecular formula is C25H39N3O. The monoisotopic (exact) mass is 397 g/mol. The normalized spacial score (nSPS) is 18.4. The number of hydrogen-bond donors (Lipinski definition) is 1. The minimum atomic E-state index is 0.127. The first-order valence-electron chi connectivity index (χ1n) is 10.9. The largest absolute Gasteiger partial charge is 0.391 e. The summed E-state index contributed by atoms with van der Waals surface area (Å²) in [5, 5.41) is 3.16. The molecule has 1 heterocycles. The van der Waals surface area contributed by atoms with Gasteiger partial charge in [-0.1, -0.05) is 43.9 Å². The van der Waals surface area contributed by atoms with Crippen LogP contribution in [0, 0.1) is 0 Å². The fourth-order valence-electron chi connectivity index (χ4n) is 4.42. The minimum Gasteiger partial charge on any atom is -0.391 e. The molecule has 0 aliphatic carbocycles. The summed E-state index contributed by atoms with van der Waals surface area (Å²) in [4.78, 5) is 15.7. The fraction of sp³-hybridized carbons (Fsp3) is 0.560. The van der Waals surface area contributed by atoms with Gasteiger partial charge in [0, 0.05) is 37.8 Å². The summed E-state index contributed by atoms with van der Waals surface area (Å²) in [7, 11) is 6.26. The molecule has 0 bridgehead atoms. The molecule has 2 unspecified atom stereocenters. The van der Waals surface area contributed by atoms with Gasteiger partial charge < -0.3 is 15.0 Å².